The summed E-state index contributed by atoms with van der Waals surface area (Å²) in [6, 6.07) is 6.53. The quantitative estimate of drug-likeness (QED) is 0.826. The van der Waals surface area contributed by atoms with Crippen molar-refractivity contribution in [3.63, 3.8) is 0 Å². The Morgan fingerprint density at radius 3 is 2.94 bits per heavy atom. The highest BCUT2D eigenvalue weighted by molar-refractivity contribution is 5.38. The van der Waals surface area contributed by atoms with Gasteiger partial charge in [-0.05, 0) is 68.8 Å². The first-order valence-corrected chi connectivity index (χ1v) is 6.28. The van der Waals surface area contributed by atoms with E-state index >= 15 is 0 Å². The van der Waals surface area contributed by atoms with Crippen LogP contribution in [0.15, 0.2) is 18.2 Å². The Bertz CT molecular complexity index is 349. The number of fused-ring (bicyclic) bond motifs is 1. The van der Waals surface area contributed by atoms with Crippen molar-refractivity contribution in [3.8, 4) is 5.75 Å². The maximum absolute atomic E-state index is 5.89. The molecule has 2 heteroatoms. The minimum Gasteiger partial charge on any atom is -0.491 e. The third-order valence-electron chi connectivity index (χ3n) is 3.22. The molecular weight excluding hydrogens is 198 g/mol. The molecule has 16 heavy (non-hydrogen) atoms. The lowest BCUT2D eigenvalue weighted by Crippen LogP contribution is -2.14. The van der Waals surface area contributed by atoms with Gasteiger partial charge in [0.1, 0.15) is 5.75 Å². The molecule has 0 aromatic heterocycles. The van der Waals surface area contributed by atoms with Crippen molar-refractivity contribution in [2.24, 2.45) is 5.73 Å². The van der Waals surface area contributed by atoms with Gasteiger partial charge in [-0.1, -0.05) is 6.07 Å². The van der Waals surface area contributed by atoms with Crippen LogP contribution in [-0.2, 0) is 12.8 Å². The fourth-order valence-corrected chi connectivity index (χ4v) is 2.32. The smallest absolute Gasteiger partial charge is 0.119 e. The van der Waals surface area contributed by atoms with Gasteiger partial charge in [0.05, 0.1) is 6.10 Å². The van der Waals surface area contributed by atoms with Crippen LogP contribution >= 0.6 is 0 Å². The van der Waals surface area contributed by atoms with Crippen LogP contribution in [-0.4, -0.2) is 12.6 Å². The van der Waals surface area contributed by atoms with Crippen LogP contribution in [0.25, 0.3) is 0 Å². The Kier molecular flexibility index (Phi) is 3.83. The molecule has 2 nitrogen and oxygen atoms in total. The zero-order chi connectivity index (χ0) is 11.4. The molecule has 2 N–H and O–H groups in total. The summed E-state index contributed by atoms with van der Waals surface area (Å²) in [5.41, 5.74) is 8.47. The van der Waals surface area contributed by atoms with Crippen molar-refractivity contribution in [2.45, 2.75) is 45.1 Å². The number of hydrogen-bond donors (Lipinski definition) is 1. The highest BCUT2D eigenvalue weighted by Crippen LogP contribution is 2.26. The predicted molar refractivity (Wildman–Crippen MR) is 66.8 cm³/mol. The van der Waals surface area contributed by atoms with E-state index in [-0.39, 0.29) is 6.10 Å². The molecule has 1 aliphatic rings. The molecule has 1 atom stereocenters. The second-order valence-corrected chi connectivity index (χ2v) is 4.64. The van der Waals surface area contributed by atoms with Crippen molar-refractivity contribution in [1.82, 2.24) is 0 Å². The van der Waals surface area contributed by atoms with Gasteiger partial charge in [0.25, 0.3) is 0 Å². The molecule has 0 radical (unpaired) electrons. The third-order valence-corrected chi connectivity index (χ3v) is 3.22. The first-order chi connectivity index (χ1) is 7.79. The summed E-state index contributed by atoms with van der Waals surface area (Å²) in [6.07, 6.45) is 6.08. The highest BCUT2D eigenvalue weighted by atomic mass is 16.5. The molecule has 0 spiro atoms. The summed E-state index contributed by atoms with van der Waals surface area (Å²) in [7, 11) is 0. The molecule has 0 fully saturated rings. The number of benzene rings is 1. The van der Waals surface area contributed by atoms with Gasteiger partial charge in [0.15, 0.2) is 0 Å². The third kappa shape index (κ3) is 2.76. The summed E-state index contributed by atoms with van der Waals surface area (Å²) in [5.74, 6) is 1.02. The van der Waals surface area contributed by atoms with Crippen molar-refractivity contribution in [1.29, 1.82) is 0 Å². The van der Waals surface area contributed by atoms with Crippen molar-refractivity contribution < 1.29 is 4.74 Å². The van der Waals surface area contributed by atoms with E-state index in [2.05, 4.69) is 25.1 Å². The van der Waals surface area contributed by atoms with Gasteiger partial charge >= 0.3 is 0 Å². The van der Waals surface area contributed by atoms with Crippen LogP contribution in [0.2, 0.25) is 0 Å². The number of nitrogens with two attached hydrogens (primary N) is 1. The molecule has 0 bridgehead atoms. The van der Waals surface area contributed by atoms with E-state index in [1.807, 2.05) is 0 Å². The van der Waals surface area contributed by atoms with Gasteiger partial charge < -0.3 is 10.5 Å². The molecule has 0 aliphatic heterocycles. The minimum absolute atomic E-state index is 0.267. The molecule has 88 valence electrons. The first kappa shape index (κ1) is 11.5. The number of aryl methyl sites for hydroxylation is 2. The van der Waals surface area contributed by atoms with Crippen LogP contribution in [0.4, 0.5) is 0 Å². The average Bonchev–Trinajstić information content (AvgIpc) is 2.73. The van der Waals surface area contributed by atoms with Crippen LogP contribution in [0.3, 0.4) is 0 Å². The van der Waals surface area contributed by atoms with Gasteiger partial charge in [-0.15, -0.1) is 0 Å². The van der Waals surface area contributed by atoms with Gasteiger partial charge in [-0.3, -0.25) is 0 Å². The summed E-state index contributed by atoms with van der Waals surface area (Å²) >= 11 is 0. The van der Waals surface area contributed by atoms with Crippen molar-refractivity contribution in [3.05, 3.63) is 29.3 Å². The van der Waals surface area contributed by atoms with Crippen LogP contribution in [0.1, 0.15) is 37.3 Å². The minimum atomic E-state index is 0.267. The number of rotatable bonds is 5. The van der Waals surface area contributed by atoms with E-state index in [0.717, 1.165) is 25.1 Å². The van der Waals surface area contributed by atoms with Gasteiger partial charge in [0.2, 0.25) is 0 Å². The molecule has 2 rings (SSSR count). The van der Waals surface area contributed by atoms with Gasteiger partial charge in [-0.25, -0.2) is 0 Å². The lowest BCUT2D eigenvalue weighted by molar-refractivity contribution is 0.208. The lowest BCUT2D eigenvalue weighted by Gasteiger charge is -2.15. The fraction of sp³-hybridized carbons (Fsp3) is 0.571. The second kappa shape index (κ2) is 5.35. The summed E-state index contributed by atoms with van der Waals surface area (Å²) in [6.45, 7) is 2.86. The Morgan fingerprint density at radius 2 is 2.12 bits per heavy atom. The van der Waals surface area contributed by atoms with Gasteiger partial charge in [0, 0.05) is 0 Å². The molecule has 1 aromatic carbocycles. The molecule has 0 amide bonds. The second-order valence-electron chi connectivity index (χ2n) is 4.64. The van der Waals surface area contributed by atoms with Crippen molar-refractivity contribution in [2.75, 3.05) is 6.54 Å². The molecule has 1 aromatic rings. The SMILES string of the molecule is CC(CCCN)Oc1ccc2c(c1)CCC2. The lowest BCUT2D eigenvalue weighted by atomic mass is 10.1. The average molecular weight is 219 g/mol. The van der Waals surface area contributed by atoms with E-state index in [1.54, 1.807) is 0 Å². The zero-order valence-electron chi connectivity index (χ0n) is 10.0. The fourth-order valence-electron chi connectivity index (χ4n) is 2.32. The monoisotopic (exact) mass is 219 g/mol. The van der Waals surface area contributed by atoms with E-state index in [9.17, 15) is 0 Å². The highest BCUT2D eigenvalue weighted by Gasteiger charge is 2.12. The maximum atomic E-state index is 5.89. The van der Waals surface area contributed by atoms with Crippen molar-refractivity contribution >= 4 is 0 Å². The Labute approximate surface area is 97.8 Å². The normalized spacial score (nSPS) is 15.9. The summed E-state index contributed by atoms with van der Waals surface area (Å²) in [4.78, 5) is 0. The Morgan fingerprint density at radius 1 is 1.31 bits per heavy atom. The molecule has 0 saturated heterocycles. The van der Waals surface area contributed by atoms with Crippen LogP contribution < -0.4 is 10.5 Å². The molecule has 0 heterocycles. The van der Waals surface area contributed by atoms with Crippen LogP contribution in [0.5, 0.6) is 5.75 Å². The van der Waals surface area contributed by atoms with E-state index in [0.29, 0.717) is 0 Å². The van der Waals surface area contributed by atoms with Crippen LogP contribution in [0, 0.1) is 0 Å². The van der Waals surface area contributed by atoms with E-state index in [1.165, 1.54) is 30.4 Å². The predicted octanol–water partition coefficient (Wildman–Crippen LogP) is 2.68. The number of hydrogen-bond acceptors (Lipinski definition) is 2. The summed E-state index contributed by atoms with van der Waals surface area (Å²) in [5, 5.41) is 0. The molecule has 0 saturated carbocycles. The standard InChI is InChI=1S/C14H21NO/c1-11(4-3-9-15)16-14-8-7-12-5-2-6-13(12)10-14/h7-8,10-11H,2-6,9,15H2,1H3. The largest absolute Gasteiger partial charge is 0.491 e. The zero-order valence-corrected chi connectivity index (χ0v) is 10.0. The maximum Gasteiger partial charge on any atom is 0.119 e. The topological polar surface area (TPSA) is 35.2 Å². The van der Waals surface area contributed by atoms with E-state index in [4.69, 9.17) is 10.5 Å². The number of ether oxygens (including phenoxy) is 1. The Balaban J connectivity index is 1.94. The summed E-state index contributed by atoms with van der Waals surface area (Å²) < 4.78 is 5.89. The first-order valence-electron chi connectivity index (χ1n) is 6.28. The molecule has 1 aliphatic carbocycles. The van der Waals surface area contributed by atoms with E-state index < -0.39 is 0 Å². The van der Waals surface area contributed by atoms with Gasteiger partial charge in [-0.2, -0.15) is 0 Å². The molecular formula is C14H21NO. The molecule has 1 unspecified atom stereocenters. The Hall–Kier alpha value is -1.02.